The van der Waals surface area contributed by atoms with Crippen molar-refractivity contribution in [2.75, 3.05) is 25.0 Å². The number of anilines is 1. The predicted molar refractivity (Wildman–Crippen MR) is 107 cm³/mol. The van der Waals surface area contributed by atoms with Gasteiger partial charge in [-0.15, -0.1) is 0 Å². The lowest BCUT2D eigenvalue weighted by Gasteiger charge is -2.24. The first-order chi connectivity index (χ1) is 13.2. The maximum Gasteiger partial charge on any atom is 0.224 e. The number of hydrogen-bond donors (Lipinski definition) is 2. The first-order valence-electron chi connectivity index (χ1n) is 9.97. The highest BCUT2D eigenvalue weighted by atomic mass is 16.2. The first-order valence-corrected chi connectivity index (χ1v) is 9.97. The minimum absolute atomic E-state index is 0.0976. The van der Waals surface area contributed by atoms with Crippen molar-refractivity contribution in [1.82, 2.24) is 15.2 Å². The minimum atomic E-state index is 0.0976. The number of nitrogens with zero attached hydrogens (tertiary/aromatic N) is 2. The zero-order valence-electron chi connectivity index (χ0n) is 15.9. The van der Waals surface area contributed by atoms with Gasteiger partial charge < -0.3 is 10.6 Å². The van der Waals surface area contributed by atoms with Gasteiger partial charge in [-0.3, -0.25) is 14.7 Å². The number of fused-ring (bicyclic) bond motifs is 1. The van der Waals surface area contributed by atoms with Crippen LogP contribution in [0.5, 0.6) is 0 Å². The number of carbonyl (C=O) groups excluding carboxylic acids is 1. The molecule has 2 N–H and O–H groups in total. The molecule has 1 aromatic heterocycles. The Balaban J connectivity index is 1.33. The van der Waals surface area contributed by atoms with Crippen molar-refractivity contribution in [3.63, 3.8) is 0 Å². The van der Waals surface area contributed by atoms with Crippen molar-refractivity contribution in [2.45, 2.75) is 38.3 Å². The predicted octanol–water partition coefficient (Wildman–Crippen LogP) is 3.14. The number of nitrogens with one attached hydrogen (secondary N) is 2. The Morgan fingerprint density at radius 1 is 1.22 bits per heavy atom. The Labute approximate surface area is 161 Å². The van der Waals surface area contributed by atoms with E-state index in [0.29, 0.717) is 18.6 Å². The Morgan fingerprint density at radius 3 is 2.89 bits per heavy atom. The van der Waals surface area contributed by atoms with Crippen LogP contribution < -0.4 is 10.6 Å². The Hall–Kier alpha value is -2.40. The van der Waals surface area contributed by atoms with Gasteiger partial charge in [0, 0.05) is 43.3 Å². The van der Waals surface area contributed by atoms with Crippen LogP contribution in [0.4, 0.5) is 5.69 Å². The van der Waals surface area contributed by atoms with Crippen LogP contribution in [0, 0.1) is 12.8 Å². The molecule has 0 radical (unpaired) electrons. The maximum atomic E-state index is 12.9. The molecule has 2 aromatic rings. The van der Waals surface area contributed by atoms with Crippen LogP contribution in [-0.4, -0.2) is 41.5 Å². The largest absolute Gasteiger partial charge is 0.383 e. The molecule has 4 rings (SSSR count). The summed E-state index contributed by atoms with van der Waals surface area (Å²) >= 11 is 0. The Morgan fingerprint density at radius 2 is 2.07 bits per heavy atom. The van der Waals surface area contributed by atoms with Crippen molar-refractivity contribution in [1.29, 1.82) is 0 Å². The third-order valence-corrected chi connectivity index (χ3v) is 5.97. The molecule has 0 unspecified atom stereocenters. The van der Waals surface area contributed by atoms with E-state index in [0.717, 1.165) is 37.2 Å². The second kappa shape index (κ2) is 8.09. The summed E-state index contributed by atoms with van der Waals surface area (Å²) in [5.74, 6) is 0.305. The van der Waals surface area contributed by atoms with Crippen molar-refractivity contribution in [3.8, 4) is 0 Å². The summed E-state index contributed by atoms with van der Waals surface area (Å²) in [6.45, 7) is 4.50. The number of hydrogen-bond acceptors (Lipinski definition) is 4. The molecule has 1 aromatic carbocycles. The molecule has 3 atom stereocenters. The molecule has 5 nitrogen and oxygen atoms in total. The zero-order valence-corrected chi connectivity index (χ0v) is 15.9. The molecule has 142 valence electrons. The fourth-order valence-electron chi connectivity index (χ4n) is 4.64. The van der Waals surface area contributed by atoms with Crippen molar-refractivity contribution >= 4 is 11.6 Å². The maximum absolute atomic E-state index is 12.9. The van der Waals surface area contributed by atoms with E-state index in [-0.39, 0.29) is 11.8 Å². The van der Waals surface area contributed by atoms with E-state index >= 15 is 0 Å². The van der Waals surface area contributed by atoms with Crippen LogP contribution in [0.15, 0.2) is 48.8 Å². The third kappa shape index (κ3) is 3.83. The van der Waals surface area contributed by atoms with Gasteiger partial charge in [0.05, 0.1) is 5.92 Å². The van der Waals surface area contributed by atoms with Gasteiger partial charge in [0.15, 0.2) is 0 Å². The quantitative estimate of drug-likeness (QED) is 0.773. The van der Waals surface area contributed by atoms with Gasteiger partial charge >= 0.3 is 0 Å². The molecule has 2 aliphatic heterocycles. The number of pyridine rings is 1. The lowest BCUT2D eigenvalue weighted by atomic mass is 9.93. The number of aryl methyl sites for hydroxylation is 1. The normalized spacial score (nSPS) is 24.6. The average molecular weight is 364 g/mol. The van der Waals surface area contributed by atoms with E-state index in [1.54, 1.807) is 6.20 Å². The smallest absolute Gasteiger partial charge is 0.224 e. The average Bonchev–Trinajstić information content (AvgIpc) is 3.30. The number of rotatable bonds is 6. The number of amides is 1. The number of aromatic nitrogens is 1. The summed E-state index contributed by atoms with van der Waals surface area (Å²) in [6.07, 6.45) is 6.89. The van der Waals surface area contributed by atoms with Crippen molar-refractivity contribution in [2.24, 2.45) is 5.92 Å². The number of benzene rings is 1. The fraction of sp³-hybridized carbons (Fsp3) is 0.455. The van der Waals surface area contributed by atoms with E-state index in [2.05, 4.69) is 50.8 Å². The molecule has 0 saturated carbocycles. The van der Waals surface area contributed by atoms with Gasteiger partial charge in [0.1, 0.15) is 0 Å². The molecule has 0 aliphatic carbocycles. The van der Waals surface area contributed by atoms with Gasteiger partial charge in [-0.25, -0.2) is 0 Å². The highest BCUT2D eigenvalue weighted by Gasteiger charge is 2.46. The topological polar surface area (TPSA) is 57.3 Å². The second-order valence-corrected chi connectivity index (χ2v) is 7.62. The monoisotopic (exact) mass is 364 g/mol. The molecule has 0 spiro atoms. The van der Waals surface area contributed by atoms with Crippen molar-refractivity contribution in [3.05, 3.63) is 59.9 Å². The van der Waals surface area contributed by atoms with Gasteiger partial charge in [0.2, 0.25) is 5.91 Å². The molecule has 2 aliphatic rings. The molecule has 3 heterocycles. The molecule has 1 amide bonds. The molecular formula is C22H28N4O. The SMILES string of the molecule is Cc1cnccc1NCCNC(=O)[C@@H]1C[C@H](c2ccccc2)N2CCC[C@@H]12. The van der Waals surface area contributed by atoms with Gasteiger partial charge in [0.25, 0.3) is 0 Å². The van der Waals surface area contributed by atoms with Crippen LogP contribution in [0.3, 0.4) is 0 Å². The van der Waals surface area contributed by atoms with Crippen LogP contribution in [0.1, 0.15) is 36.4 Å². The molecule has 2 fully saturated rings. The van der Waals surface area contributed by atoms with Gasteiger partial charge in [-0.2, -0.15) is 0 Å². The summed E-state index contributed by atoms with van der Waals surface area (Å²) < 4.78 is 0. The lowest BCUT2D eigenvalue weighted by Crippen LogP contribution is -2.39. The van der Waals surface area contributed by atoms with E-state index < -0.39 is 0 Å². The third-order valence-electron chi connectivity index (χ3n) is 5.97. The molecule has 2 saturated heterocycles. The fourth-order valence-corrected chi connectivity index (χ4v) is 4.64. The standard InChI is InChI=1S/C22H28N4O/c1-16-15-23-10-9-19(16)24-11-12-25-22(27)18-14-21(17-6-3-2-4-7-17)26-13-5-8-20(18)26/h2-4,6-7,9-10,15,18,20-21H,5,8,11-14H2,1H3,(H,23,24)(H,25,27)/t18-,20+,21-/m1/s1. The molecule has 0 bridgehead atoms. The highest BCUT2D eigenvalue weighted by molar-refractivity contribution is 5.80. The van der Waals surface area contributed by atoms with E-state index in [4.69, 9.17) is 0 Å². The second-order valence-electron chi connectivity index (χ2n) is 7.62. The summed E-state index contributed by atoms with van der Waals surface area (Å²) in [6, 6.07) is 13.4. The van der Waals surface area contributed by atoms with Crippen LogP contribution in [0.2, 0.25) is 0 Å². The Kier molecular flexibility index (Phi) is 5.39. The first kappa shape index (κ1) is 18.0. The van der Waals surface area contributed by atoms with Gasteiger partial charge in [-0.05, 0) is 49.9 Å². The molecular weight excluding hydrogens is 336 g/mol. The van der Waals surface area contributed by atoms with Gasteiger partial charge in [-0.1, -0.05) is 30.3 Å². The summed E-state index contributed by atoms with van der Waals surface area (Å²) in [5, 5.41) is 6.53. The van der Waals surface area contributed by atoms with Crippen molar-refractivity contribution < 1.29 is 4.79 Å². The summed E-state index contributed by atoms with van der Waals surface area (Å²) in [4.78, 5) is 19.5. The molecule has 5 heteroatoms. The van der Waals surface area contributed by atoms with Crippen LogP contribution in [0.25, 0.3) is 0 Å². The van der Waals surface area contributed by atoms with E-state index in [1.165, 1.54) is 12.0 Å². The summed E-state index contributed by atoms with van der Waals surface area (Å²) in [5.41, 5.74) is 3.53. The number of carbonyl (C=O) groups is 1. The van der Waals surface area contributed by atoms with E-state index in [9.17, 15) is 4.79 Å². The zero-order chi connectivity index (χ0) is 18.6. The summed E-state index contributed by atoms with van der Waals surface area (Å²) in [7, 11) is 0. The Bertz CT molecular complexity index is 779. The highest BCUT2D eigenvalue weighted by Crippen LogP contribution is 2.44. The van der Waals surface area contributed by atoms with E-state index in [1.807, 2.05) is 19.2 Å². The van der Waals surface area contributed by atoms with Crippen LogP contribution in [-0.2, 0) is 4.79 Å². The molecule has 27 heavy (non-hydrogen) atoms. The lowest BCUT2D eigenvalue weighted by molar-refractivity contribution is -0.125. The minimum Gasteiger partial charge on any atom is -0.383 e. The van der Waals surface area contributed by atoms with Crippen LogP contribution >= 0.6 is 0 Å².